The van der Waals surface area contributed by atoms with Crippen molar-refractivity contribution in [1.29, 1.82) is 0 Å². The van der Waals surface area contributed by atoms with Crippen LogP contribution in [-0.4, -0.2) is 69.8 Å². The normalized spacial score (nSPS) is 12.2. The van der Waals surface area contributed by atoms with Crippen molar-refractivity contribution in [1.82, 2.24) is 16.0 Å². The van der Waals surface area contributed by atoms with Crippen molar-refractivity contribution in [3.05, 3.63) is 0 Å². The molecule has 0 unspecified atom stereocenters. The number of nitrogens with zero attached hydrogens (tertiary/aromatic N) is 1. The van der Waals surface area contributed by atoms with Crippen LogP contribution in [0.3, 0.4) is 0 Å². The van der Waals surface area contributed by atoms with Crippen LogP contribution in [-0.2, 0) is 14.2 Å². The van der Waals surface area contributed by atoms with E-state index in [-0.39, 0.29) is 24.0 Å². The molecule has 0 radical (unpaired) electrons. The second kappa shape index (κ2) is 14.3. The number of alkyl carbamates (subject to hydrolysis) is 1. The Morgan fingerprint density at radius 1 is 1.04 bits per heavy atom. The summed E-state index contributed by atoms with van der Waals surface area (Å²) in [7, 11) is 1.64. The van der Waals surface area contributed by atoms with E-state index in [4.69, 9.17) is 14.2 Å². The predicted molar refractivity (Wildman–Crippen MR) is 116 cm³/mol. The van der Waals surface area contributed by atoms with Crippen molar-refractivity contribution < 1.29 is 19.0 Å². The minimum atomic E-state index is -0.528. The molecule has 0 fully saturated rings. The number of ether oxygens (including phenoxy) is 3. The van der Waals surface area contributed by atoms with Gasteiger partial charge in [0, 0.05) is 20.2 Å². The molecular formula is C17H37IN4O4. The van der Waals surface area contributed by atoms with Crippen molar-refractivity contribution in [2.45, 2.75) is 52.7 Å². The largest absolute Gasteiger partial charge is 0.444 e. The van der Waals surface area contributed by atoms with E-state index in [1.54, 1.807) is 7.11 Å². The van der Waals surface area contributed by atoms with Gasteiger partial charge in [0.2, 0.25) is 0 Å². The van der Waals surface area contributed by atoms with Crippen LogP contribution < -0.4 is 16.0 Å². The number of aliphatic imine (C=N–C) groups is 1. The molecule has 0 aromatic heterocycles. The highest BCUT2D eigenvalue weighted by molar-refractivity contribution is 14.0. The molecule has 0 atom stereocenters. The van der Waals surface area contributed by atoms with Gasteiger partial charge in [-0.3, -0.25) is 4.99 Å². The molecule has 0 aliphatic rings. The van der Waals surface area contributed by atoms with E-state index in [0.29, 0.717) is 38.9 Å². The maximum atomic E-state index is 11.9. The highest BCUT2D eigenvalue weighted by Crippen LogP contribution is 2.09. The molecule has 0 aromatic rings. The Morgan fingerprint density at radius 2 is 1.69 bits per heavy atom. The van der Waals surface area contributed by atoms with E-state index in [1.807, 2.05) is 41.5 Å². The Morgan fingerprint density at radius 3 is 2.23 bits per heavy atom. The number of rotatable bonds is 10. The number of methoxy groups -OCH3 is 1. The average molecular weight is 488 g/mol. The van der Waals surface area contributed by atoms with Gasteiger partial charge in [0.15, 0.2) is 5.96 Å². The molecule has 0 aliphatic heterocycles. The van der Waals surface area contributed by atoms with E-state index >= 15 is 0 Å². The van der Waals surface area contributed by atoms with E-state index < -0.39 is 17.2 Å². The summed E-state index contributed by atoms with van der Waals surface area (Å²) in [5, 5.41) is 9.19. The first-order chi connectivity index (χ1) is 11.6. The van der Waals surface area contributed by atoms with Gasteiger partial charge >= 0.3 is 6.09 Å². The van der Waals surface area contributed by atoms with Crippen LogP contribution in [0.2, 0.25) is 0 Å². The molecule has 26 heavy (non-hydrogen) atoms. The first-order valence-corrected chi connectivity index (χ1v) is 8.69. The Bertz CT molecular complexity index is 412. The zero-order valence-electron chi connectivity index (χ0n) is 17.2. The molecule has 0 aliphatic carbocycles. The Labute approximate surface area is 175 Å². The van der Waals surface area contributed by atoms with Crippen LogP contribution in [0.5, 0.6) is 0 Å². The lowest BCUT2D eigenvalue weighted by molar-refractivity contribution is 0.0476. The van der Waals surface area contributed by atoms with E-state index in [0.717, 1.165) is 6.54 Å². The first-order valence-electron chi connectivity index (χ1n) is 8.69. The molecule has 0 heterocycles. The minimum absolute atomic E-state index is 0. The van der Waals surface area contributed by atoms with Gasteiger partial charge in [-0.25, -0.2) is 4.79 Å². The number of halogens is 1. The number of guanidine groups is 1. The van der Waals surface area contributed by atoms with Gasteiger partial charge in [0.05, 0.1) is 31.9 Å². The maximum absolute atomic E-state index is 11.9. The van der Waals surface area contributed by atoms with Gasteiger partial charge in [-0.1, -0.05) is 0 Å². The van der Waals surface area contributed by atoms with Crippen molar-refractivity contribution in [2.24, 2.45) is 4.99 Å². The van der Waals surface area contributed by atoms with Gasteiger partial charge in [-0.15, -0.1) is 24.0 Å². The molecular weight excluding hydrogens is 451 g/mol. The third kappa shape index (κ3) is 16.6. The molecule has 0 spiro atoms. The summed E-state index contributed by atoms with van der Waals surface area (Å²) in [6.45, 7) is 14.8. The fraction of sp³-hybridized carbons (Fsp3) is 0.882. The lowest BCUT2D eigenvalue weighted by Gasteiger charge is -2.27. The van der Waals surface area contributed by atoms with Crippen LogP contribution in [0.15, 0.2) is 4.99 Å². The second-order valence-corrected chi connectivity index (χ2v) is 7.24. The van der Waals surface area contributed by atoms with Crippen molar-refractivity contribution in [3.8, 4) is 0 Å². The van der Waals surface area contributed by atoms with Crippen LogP contribution in [0.25, 0.3) is 0 Å². The number of carbonyl (C=O) groups excluding carboxylic acids is 1. The molecule has 156 valence electrons. The first kappa shape index (κ1) is 27.4. The summed E-state index contributed by atoms with van der Waals surface area (Å²) in [5.41, 5.74) is -1.05. The number of nitrogens with one attached hydrogen (secondary N) is 3. The van der Waals surface area contributed by atoms with Crippen molar-refractivity contribution in [2.75, 3.05) is 46.6 Å². The van der Waals surface area contributed by atoms with Crippen LogP contribution in [0, 0.1) is 0 Å². The van der Waals surface area contributed by atoms with Crippen LogP contribution in [0.4, 0.5) is 4.79 Å². The van der Waals surface area contributed by atoms with E-state index in [1.165, 1.54) is 0 Å². The zero-order valence-corrected chi connectivity index (χ0v) is 19.6. The monoisotopic (exact) mass is 488 g/mol. The molecule has 9 heteroatoms. The number of carbonyl (C=O) groups is 1. The number of hydrogen-bond acceptors (Lipinski definition) is 5. The molecule has 8 nitrogen and oxygen atoms in total. The summed E-state index contributed by atoms with van der Waals surface area (Å²) in [5.74, 6) is 0.678. The lowest BCUT2D eigenvalue weighted by Crippen LogP contribution is -2.49. The second-order valence-electron chi connectivity index (χ2n) is 7.24. The molecule has 0 bridgehead atoms. The quantitative estimate of drug-likeness (QED) is 0.189. The fourth-order valence-electron chi connectivity index (χ4n) is 1.72. The Kier molecular flexibility index (Phi) is 15.0. The molecule has 0 rings (SSSR count). The lowest BCUT2D eigenvalue weighted by atomic mass is 10.1. The summed E-state index contributed by atoms with van der Waals surface area (Å²) in [4.78, 5) is 16.4. The third-order valence-corrected chi connectivity index (χ3v) is 2.79. The number of hydrogen-bond donors (Lipinski definition) is 3. The topological polar surface area (TPSA) is 93.2 Å². The summed E-state index contributed by atoms with van der Waals surface area (Å²) >= 11 is 0. The van der Waals surface area contributed by atoms with Gasteiger partial charge < -0.3 is 30.2 Å². The van der Waals surface area contributed by atoms with Crippen LogP contribution in [0.1, 0.15) is 41.5 Å². The average Bonchev–Trinajstić information content (AvgIpc) is 2.45. The standard InChI is InChI=1S/C17H36N4O4.HI/c1-8-18-14(19-9-10-24-12-11-23-7)20-13-17(5,6)21-15(22)25-16(2,3)4;/h8-13H2,1-7H3,(H,21,22)(H2,18,19,20);1H. The fourth-order valence-corrected chi connectivity index (χ4v) is 1.72. The summed E-state index contributed by atoms with van der Waals surface area (Å²) < 4.78 is 15.6. The molecule has 0 saturated carbocycles. The van der Waals surface area contributed by atoms with Gasteiger partial charge in [0.25, 0.3) is 0 Å². The predicted octanol–water partition coefficient (Wildman–Crippen LogP) is 2.13. The van der Waals surface area contributed by atoms with E-state index in [2.05, 4.69) is 20.9 Å². The Hall–Kier alpha value is -0.810. The van der Waals surface area contributed by atoms with Crippen molar-refractivity contribution >= 4 is 36.0 Å². The Balaban J connectivity index is 0. The smallest absolute Gasteiger partial charge is 0.408 e. The number of amides is 1. The highest BCUT2D eigenvalue weighted by Gasteiger charge is 2.24. The minimum Gasteiger partial charge on any atom is -0.444 e. The van der Waals surface area contributed by atoms with Gasteiger partial charge in [-0.2, -0.15) is 0 Å². The summed E-state index contributed by atoms with van der Waals surface area (Å²) in [6.07, 6.45) is -0.447. The summed E-state index contributed by atoms with van der Waals surface area (Å²) in [6, 6.07) is 0. The SMILES string of the molecule is CCNC(=NCC(C)(C)NC(=O)OC(C)(C)C)NCCOCCOC.I. The zero-order chi connectivity index (χ0) is 19.3. The third-order valence-electron chi connectivity index (χ3n) is 2.79. The van der Waals surface area contributed by atoms with Crippen LogP contribution >= 0.6 is 24.0 Å². The van der Waals surface area contributed by atoms with E-state index in [9.17, 15) is 4.79 Å². The molecule has 3 N–H and O–H groups in total. The van der Waals surface area contributed by atoms with Crippen molar-refractivity contribution in [3.63, 3.8) is 0 Å². The van der Waals surface area contributed by atoms with Gasteiger partial charge in [-0.05, 0) is 41.5 Å². The molecule has 0 aromatic carbocycles. The highest BCUT2D eigenvalue weighted by atomic mass is 127. The molecule has 0 saturated heterocycles. The molecule has 1 amide bonds. The van der Waals surface area contributed by atoms with Gasteiger partial charge in [0.1, 0.15) is 5.60 Å². The maximum Gasteiger partial charge on any atom is 0.408 e.